The van der Waals surface area contributed by atoms with Crippen molar-refractivity contribution < 1.29 is 8.42 Å². The highest BCUT2D eigenvalue weighted by atomic mass is 32.2. The SMILES string of the molecule is Cc1cc(C)c(S(=O)(=O)N(Cc2ccccc2)Cc2cc3ccc(C)cc3[nH]c2=O)c(C)c1. The van der Waals surface area contributed by atoms with Crippen LogP contribution in [-0.2, 0) is 23.1 Å². The molecular formula is C27H28N2O3S. The lowest BCUT2D eigenvalue weighted by atomic mass is 10.1. The van der Waals surface area contributed by atoms with Crippen LogP contribution in [0.4, 0.5) is 0 Å². The average molecular weight is 461 g/mol. The lowest BCUT2D eigenvalue weighted by molar-refractivity contribution is 0.399. The van der Waals surface area contributed by atoms with Gasteiger partial charge < -0.3 is 4.98 Å². The fraction of sp³-hybridized carbons (Fsp3) is 0.222. The monoisotopic (exact) mass is 460 g/mol. The lowest BCUT2D eigenvalue weighted by Crippen LogP contribution is -2.33. The second kappa shape index (κ2) is 8.96. The molecule has 1 N–H and O–H groups in total. The molecule has 6 heteroatoms. The van der Waals surface area contributed by atoms with Crippen molar-refractivity contribution in [3.8, 4) is 0 Å². The van der Waals surface area contributed by atoms with E-state index in [-0.39, 0.29) is 18.6 Å². The molecular weight excluding hydrogens is 432 g/mol. The maximum absolute atomic E-state index is 13.9. The molecule has 4 aromatic rings. The molecule has 1 heterocycles. The molecule has 0 saturated heterocycles. The van der Waals surface area contributed by atoms with E-state index in [0.717, 1.165) is 27.6 Å². The lowest BCUT2D eigenvalue weighted by Gasteiger charge is -2.24. The fourth-order valence-electron chi connectivity index (χ4n) is 4.38. The number of aromatic amines is 1. The molecule has 33 heavy (non-hydrogen) atoms. The van der Waals surface area contributed by atoms with Crippen molar-refractivity contribution in [2.75, 3.05) is 0 Å². The molecule has 0 amide bonds. The van der Waals surface area contributed by atoms with Gasteiger partial charge >= 0.3 is 0 Å². The van der Waals surface area contributed by atoms with Gasteiger partial charge in [-0.3, -0.25) is 4.79 Å². The van der Waals surface area contributed by atoms with Gasteiger partial charge in [0.25, 0.3) is 5.56 Å². The topological polar surface area (TPSA) is 70.2 Å². The zero-order valence-corrected chi connectivity index (χ0v) is 20.2. The third-order valence-electron chi connectivity index (χ3n) is 5.83. The summed E-state index contributed by atoms with van der Waals surface area (Å²) in [5, 5.41) is 0.870. The summed E-state index contributed by atoms with van der Waals surface area (Å²) in [7, 11) is -3.87. The predicted octanol–water partition coefficient (Wildman–Crippen LogP) is 5.15. The maximum Gasteiger partial charge on any atom is 0.252 e. The Labute approximate surface area is 194 Å². The summed E-state index contributed by atoms with van der Waals surface area (Å²) in [6, 6.07) is 20.8. The number of nitrogens with one attached hydrogen (secondary N) is 1. The Bertz CT molecular complexity index is 1470. The molecule has 0 aliphatic heterocycles. The molecule has 0 bridgehead atoms. The number of H-pyrrole nitrogens is 1. The number of sulfonamides is 1. The third-order valence-corrected chi connectivity index (χ3v) is 7.93. The minimum Gasteiger partial charge on any atom is -0.322 e. The Morgan fingerprint density at radius 2 is 1.45 bits per heavy atom. The smallest absolute Gasteiger partial charge is 0.252 e. The van der Waals surface area contributed by atoms with Gasteiger partial charge in [-0.2, -0.15) is 4.31 Å². The van der Waals surface area contributed by atoms with Gasteiger partial charge in [0, 0.05) is 24.2 Å². The standard InChI is InChI=1S/C27H28N2O3S/c1-18-10-11-23-15-24(27(30)28-25(23)14-18)17-29(16-22-8-6-5-7-9-22)33(31,32)26-20(3)12-19(2)13-21(26)4/h5-15H,16-17H2,1-4H3,(H,28,30). The van der Waals surface area contributed by atoms with Gasteiger partial charge in [-0.05, 0) is 67.5 Å². The van der Waals surface area contributed by atoms with E-state index < -0.39 is 10.0 Å². The summed E-state index contributed by atoms with van der Waals surface area (Å²) in [5.41, 5.74) is 5.20. The van der Waals surface area contributed by atoms with Crippen LogP contribution in [0.15, 0.2) is 76.4 Å². The zero-order valence-electron chi connectivity index (χ0n) is 19.3. The van der Waals surface area contributed by atoms with Crippen molar-refractivity contribution in [3.05, 3.63) is 110 Å². The summed E-state index contributed by atoms with van der Waals surface area (Å²) >= 11 is 0. The van der Waals surface area contributed by atoms with E-state index in [1.807, 2.05) is 88.4 Å². The predicted molar refractivity (Wildman–Crippen MR) is 133 cm³/mol. The van der Waals surface area contributed by atoms with Gasteiger partial charge in [0.2, 0.25) is 10.0 Å². The van der Waals surface area contributed by atoms with Gasteiger partial charge in [-0.1, -0.05) is 60.2 Å². The van der Waals surface area contributed by atoms with E-state index in [4.69, 9.17) is 0 Å². The van der Waals surface area contributed by atoms with E-state index in [1.54, 1.807) is 6.07 Å². The van der Waals surface area contributed by atoms with Crippen LogP contribution in [0.2, 0.25) is 0 Å². The van der Waals surface area contributed by atoms with E-state index in [0.29, 0.717) is 21.6 Å². The number of rotatable bonds is 6. The number of benzene rings is 3. The Hall–Kier alpha value is -3.22. The highest BCUT2D eigenvalue weighted by Crippen LogP contribution is 2.28. The molecule has 0 fully saturated rings. The van der Waals surface area contributed by atoms with Crippen molar-refractivity contribution in [2.45, 2.75) is 45.7 Å². The average Bonchev–Trinajstić information content (AvgIpc) is 2.73. The van der Waals surface area contributed by atoms with Crippen LogP contribution in [0.3, 0.4) is 0 Å². The quantitative estimate of drug-likeness (QED) is 0.432. The molecule has 0 atom stereocenters. The normalized spacial score (nSPS) is 11.9. The molecule has 0 spiro atoms. The minimum absolute atomic E-state index is 0.0247. The van der Waals surface area contributed by atoms with Gasteiger partial charge in [0.1, 0.15) is 0 Å². The molecule has 4 rings (SSSR count). The Morgan fingerprint density at radius 3 is 2.12 bits per heavy atom. The largest absolute Gasteiger partial charge is 0.322 e. The minimum atomic E-state index is -3.87. The molecule has 0 aliphatic carbocycles. The van der Waals surface area contributed by atoms with Crippen LogP contribution in [0.25, 0.3) is 10.9 Å². The Balaban J connectivity index is 1.83. The van der Waals surface area contributed by atoms with E-state index in [9.17, 15) is 13.2 Å². The second-order valence-corrected chi connectivity index (χ2v) is 10.6. The summed E-state index contributed by atoms with van der Waals surface area (Å²) in [5.74, 6) is 0. The van der Waals surface area contributed by atoms with Crippen LogP contribution in [0, 0.1) is 27.7 Å². The van der Waals surface area contributed by atoms with Crippen LogP contribution in [0.5, 0.6) is 0 Å². The Morgan fingerprint density at radius 1 is 0.788 bits per heavy atom. The molecule has 0 unspecified atom stereocenters. The number of aryl methyl sites for hydroxylation is 4. The number of hydrogen-bond donors (Lipinski definition) is 1. The molecule has 0 saturated carbocycles. The van der Waals surface area contributed by atoms with Crippen molar-refractivity contribution >= 4 is 20.9 Å². The van der Waals surface area contributed by atoms with Crippen molar-refractivity contribution in [2.24, 2.45) is 0 Å². The molecule has 5 nitrogen and oxygen atoms in total. The molecule has 170 valence electrons. The highest BCUT2D eigenvalue weighted by Gasteiger charge is 2.29. The molecule has 0 radical (unpaired) electrons. The van der Waals surface area contributed by atoms with Gasteiger partial charge in [0.05, 0.1) is 4.90 Å². The molecule has 3 aromatic carbocycles. The number of pyridine rings is 1. The number of hydrogen-bond acceptors (Lipinski definition) is 3. The van der Waals surface area contributed by atoms with Crippen LogP contribution in [0.1, 0.15) is 33.4 Å². The van der Waals surface area contributed by atoms with Crippen molar-refractivity contribution in [3.63, 3.8) is 0 Å². The first-order valence-corrected chi connectivity index (χ1v) is 12.3. The number of nitrogens with zero attached hydrogens (tertiary/aromatic N) is 1. The van der Waals surface area contributed by atoms with Crippen LogP contribution < -0.4 is 5.56 Å². The third kappa shape index (κ3) is 4.77. The van der Waals surface area contributed by atoms with Gasteiger partial charge in [0.15, 0.2) is 0 Å². The second-order valence-electron chi connectivity index (χ2n) is 8.70. The summed E-state index contributed by atoms with van der Waals surface area (Å²) in [6.45, 7) is 7.70. The summed E-state index contributed by atoms with van der Waals surface area (Å²) in [6.07, 6.45) is 0. The van der Waals surface area contributed by atoms with Gasteiger partial charge in [-0.15, -0.1) is 0 Å². The first-order chi connectivity index (χ1) is 15.6. The van der Waals surface area contributed by atoms with Crippen LogP contribution >= 0.6 is 0 Å². The van der Waals surface area contributed by atoms with Gasteiger partial charge in [-0.25, -0.2) is 8.42 Å². The van der Waals surface area contributed by atoms with Crippen molar-refractivity contribution in [1.29, 1.82) is 0 Å². The fourth-order valence-corrected chi connectivity index (χ4v) is 6.20. The summed E-state index contributed by atoms with van der Waals surface area (Å²) < 4.78 is 29.3. The summed E-state index contributed by atoms with van der Waals surface area (Å²) in [4.78, 5) is 16.1. The number of aromatic nitrogens is 1. The maximum atomic E-state index is 13.9. The first kappa shape index (κ1) is 23.0. The molecule has 1 aromatic heterocycles. The number of fused-ring (bicyclic) bond motifs is 1. The first-order valence-electron chi connectivity index (χ1n) is 10.9. The van der Waals surface area contributed by atoms with Crippen molar-refractivity contribution in [1.82, 2.24) is 9.29 Å². The van der Waals surface area contributed by atoms with E-state index in [1.165, 1.54) is 4.31 Å². The zero-order chi connectivity index (χ0) is 23.8. The van der Waals surface area contributed by atoms with E-state index >= 15 is 0 Å². The highest BCUT2D eigenvalue weighted by molar-refractivity contribution is 7.89. The van der Waals surface area contributed by atoms with E-state index in [2.05, 4.69) is 4.98 Å². The Kier molecular flexibility index (Phi) is 6.23. The molecule has 0 aliphatic rings. The van der Waals surface area contributed by atoms with Crippen LogP contribution in [-0.4, -0.2) is 17.7 Å².